The number of nitrogens with zero attached hydrogens (tertiary/aromatic N) is 5. The van der Waals surface area contributed by atoms with E-state index in [0.29, 0.717) is 23.6 Å². The maximum atomic E-state index is 12.5. The Morgan fingerprint density at radius 2 is 2.20 bits per heavy atom. The standard InChI is InChI=1S/C17H23N5O2S/c1-3-24-15-10-5-4-9-14(15)22-17(18-19-20-22)25-12-16(23)21-11-7-6-8-13(21)2/h4-5,9-10,13H,3,6-8,11-12H2,1-2H3/t13-/m0/s1. The van der Waals surface area contributed by atoms with Crippen LogP contribution in [0.15, 0.2) is 29.4 Å². The number of carbonyl (C=O) groups is 1. The van der Waals surface area contributed by atoms with Crippen LogP contribution in [0.3, 0.4) is 0 Å². The van der Waals surface area contributed by atoms with Crippen LogP contribution in [0.25, 0.3) is 5.69 Å². The van der Waals surface area contributed by atoms with E-state index in [2.05, 4.69) is 22.4 Å². The van der Waals surface area contributed by atoms with E-state index in [1.165, 1.54) is 18.2 Å². The molecule has 0 bridgehead atoms. The highest BCUT2D eigenvalue weighted by Gasteiger charge is 2.24. The first-order valence-corrected chi connectivity index (χ1v) is 9.62. The molecule has 0 unspecified atom stereocenters. The monoisotopic (exact) mass is 361 g/mol. The van der Waals surface area contributed by atoms with Crippen LogP contribution < -0.4 is 4.74 Å². The molecule has 1 saturated heterocycles. The molecule has 1 aromatic heterocycles. The summed E-state index contributed by atoms with van der Waals surface area (Å²) in [5.74, 6) is 1.20. The van der Waals surface area contributed by atoms with E-state index in [1.807, 2.05) is 36.1 Å². The van der Waals surface area contributed by atoms with Crippen LogP contribution in [0, 0.1) is 0 Å². The molecule has 2 heterocycles. The number of para-hydroxylation sites is 2. The number of amides is 1. The van der Waals surface area contributed by atoms with Crippen LogP contribution in [0.2, 0.25) is 0 Å². The summed E-state index contributed by atoms with van der Waals surface area (Å²) in [6.07, 6.45) is 3.36. The van der Waals surface area contributed by atoms with Gasteiger partial charge in [0.25, 0.3) is 0 Å². The van der Waals surface area contributed by atoms with E-state index in [0.717, 1.165) is 30.8 Å². The Hall–Kier alpha value is -2.09. The van der Waals surface area contributed by atoms with Gasteiger partial charge in [0.15, 0.2) is 0 Å². The molecule has 1 atom stereocenters. The first-order chi connectivity index (χ1) is 12.2. The fourth-order valence-corrected chi connectivity index (χ4v) is 3.78. The van der Waals surface area contributed by atoms with E-state index in [9.17, 15) is 4.79 Å². The number of rotatable bonds is 6. The smallest absolute Gasteiger partial charge is 0.233 e. The third kappa shape index (κ3) is 4.12. The highest BCUT2D eigenvalue weighted by molar-refractivity contribution is 7.99. The average Bonchev–Trinajstić information content (AvgIpc) is 3.09. The molecular weight excluding hydrogens is 338 g/mol. The lowest BCUT2D eigenvalue weighted by Crippen LogP contribution is -2.42. The molecule has 1 aliphatic heterocycles. The first-order valence-electron chi connectivity index (χ1n) is 8.63. The number of carbonyl (C=O) groups excluding carboxylic acids is 1. The van der Waals surface area contributed by atoms with Crippen LogP contribution >= 0.6 is 11.8 Å². The van der Waals surface area contributed by atoms with Crippen LogP contribution in [0.5, 0.6) is 5.75 Å². The molecular formula is C17H23N5O2S. The van der Waals surface area contributed by atoms with Crippen molar-refractivity contribution in [3.8, 4) is 11.4 Å². The Morgan fingerprint density at radius 1 is 1.36 bits per heavy atom. The summed E-state index contributed by atoms with van der Waals surface area (Å²) in [5, 5.41) is 12.5. The van der Waals surface area contributed by atoms with E-state index < -0.39 is 0 Å². The van der Waals surface area contributed by atoms with E-state index in [4.69, 9.17) is 4.74 Å². The molecule has 8 heteroatoms. The molecule has 0 saturated carbocycles. The molecule has 25 heavy (non-hydrogen) atoms. The second-order valence-electron chi connectivity index (χ2n) is 5.99. The predicted molar refractivity (Wildman–Crippen MR) is 96.1 cm³/mol. The Balaban J connectivity index is 1.71. The number of hydrogen-bond donors (Lipinski definition) is 0. The number of benzene rings is 1. The normalized spacial score (nSPS) is 17.5. The van der Waals surface area contributed by atoms with E-state index in [1.54, 1.807) is 4.68 Å². The Bertz CT molecular complexity index is 721. The summed E-state index contributed by atoms with van der Waals surface area (Å²) in [7, 11) is 0. The quantitative estimate of drug-likeness (QED) is 0.736. The third-order valence-electron chi connectivity index (χ3n) is 4.28. The summed E-state index contributed by atoms with van der Waals surface area (Å²) in [6, 6.07) is 7.92. The van der Waals surface area contributed by atoms with Gasteiger partial charge >= 0.3 is 0 Å². The zero-order chi connectivity index (χ0) is 17.6. The van der Waals surface area contributed by atoms with Crippen molar-refractivity contribution >= 4 is 17.7 Å². The molecule has 134 valence electrons. The minimum absolute atomic E-state index is 0.143. The summed E-state index contributed by atoms with van der Waals surface area (Å²) >= 11 is 1.36. The topological polar surface area (TPSA) is 73.1 Å². The highest BCUT2D eigenvalue weighted by atomic mass is 32.2. The summed E-state index contributed by atoms with van der Waals surface area (Å²) < 4.78 is 7.28. The van der Waals surface area contributed by atoms with Gasteiger partial charge < -0.3 is 9.64 Å². The highest BCUT2D eigenvalue weighted by Crippen LogP contribution is 2.26. The van der Waals surface area contributed by atoms with E-state index in [-0.39, 0.29) is 5.91 Å². The van der Waals surface area contributed by atoms with Gasteiger partial charge in [-0.2, -0.15) is 4.68 Å². The van der Waals surface area contributed by atoms with Gasteiger partial charge in [0.05, 0.1) is 12.4 Å². The molecule has 1 aliphatic rings. The lowest BCUT2D eigenvalue weighted by molar-refractivity contribution is -0.131. The average molecular weight is 361 g/mol. The molecule has 0 aliphatic carbocycles. The minimum Gasteiger partial charge on any atom is -0.492 e. The number of ether oxygens (including phenoxy) is 1. The van der Waals surface area contributed by atoms with Crippen LogP contribution in [0.1, 0.15) is 33.1 Å². The van der Waals surface area contributed by atoms with Gasteiger partial charge in [-0.3, -0.25) is 4.79 Å². The lowest BCUT2D eigenvalue weighted by atomic mass is 10.0. The van der Waals surface area contributed by atoms with Crippen molar-refractivity contribution in [1.29, 1.82) is 0 Å². The van der Waals surface area contributed by atoms with Crippen LogP contribution in [-0.4, -0.2) is 56.0 Å². The fraction of sp³-hybridized carbons (Fsp3) is 0.529. The number of aromatic nitrogens is 4. The van der Waals surface area contributed by atoms with Gasteiger partial charge in [0.1, 0.15) is 11.4 Å². The molecule has 0 N–H and O–H groups in total. The second kappa shape index (κ2) is 8.33. The summed E-state index contributed by atoms with van der Waals surface area (Å²) in [4.78, 5) is 14.5. The van der Waals surface area contributed by atoms with Crippen molar-refractivity contribution in [2.45, 2.75) is 44.3 Å². The van der Waals surface area contributed by atoms with Gasteiger partial charge in [-0.05, 0) is 55.7 Å². The van der Waals surface area contributed by atoms with Gasteiger partial charge in [-0.15, -0.1) is 5.10 Å². The zero-order valence-electron chi connectivity index (χ0n) is 14.6. The molecule has 1 amide bonds. The van der Waals surface area contributed by atoms with Crippen molar-refractivity contribution in [1.82, 2.24) is 25.1 Å². The molecule has 3 rings (SSSR count). The van der Waals surface area contributed by atoms with Crippen LogP contribution in [-0.2, 0) is 4.79 Å². The van der Waals surface area contributed by atoms with Crippen molar-refractivity contribution in [2.24, 2.45) is 0 Å². The third-order valence-corrected chi connectivity index (χ3v) is 5.19. The van der Waals surface area contributed by atoms with Crippen molar-refractivity contribution in [2.75, 3.05) is 18.9 Å². The van der Waals surface area contributed by atoms with Gasteiger partial charge in [-0.1, -0.05) is 23.9 Å². The molecule has 7 nitrogen and oxygen atoms in total. The van der Waals surface area contributed by atoms with Crippen molar-refractivity contribution < 1.29 is 9.53 Å². The maximum absolute atomic E-state index is 12.5. The SMILES string of the molecule is CCOc1ccccc1-n1nnnc1SCC(=O)N1CCCC[C@@H]1C. The van der Waals surface area contributed by atoms with Gasteiger partial charge in [-0.25, -0.2) is 0 Å². The van der Waals surface area contributed by atoms with Crippen LogP contribution in [0.4, 0.5) is 0 Å². The number of likely N-dealkylation sites (tertiary alicyclic amines) is 1. The fourth-order valence-electron chi connectivity index (χ4n) is 3.01. The molecule has 1 aromatic carbocycles. The number of thioether (sulfide) groups is 1. The Labute approximate surface area is 151 Å². The van der Waals surface area contributed by atoms with Gasteiger partial charge in [0, 0.05) is 12.6 Å². The number of hydrogen-bond acceptors (Lipinski definition) is 6. The first kappa shape index (κ1) is 17.7. The Morgan fingerprint density at radius 3 is 3.00 bits per heavy atom. The predicted octanol–water partition coefficient (Wildman–Crippen LogP) is 2.55. The molecule has 2 aromatic rings. The molecule has 0 radical (unpaired) electrons. The van der Waals surface area contributed by atoms with Crippen molar-refractivity contribution in [3.63, 3.8) is 0 Å². The molecule has 0 spiro atoms. The van der Waals surface area contributed by atoms with Crippen molar-refractivity contribution in [3.05, 3.63) is 24.3 Å². The molecule has 1 fully saturated rings. The lowest BCUT2D eigenvalue weighted by Gasteiger charge is -2.33. The second-order valence-corrected chi connectivity index (χ2v) is 6.94. The maximum Gasteiger partial charge on any atom is 0.233 e. The number of tetrazole rings is 1. The minimum atomic E-state index is 0.143. The summed E-state index contributed by atoms with van der Waals surface area (Å²) in [5.41, 5.74) is 0.774. The van der Waals surface area contributed by atoms with Gasteiger partial charge in [0.2, 0.25) is 11.1 Å². The summed E-state index contributed by atoms with van der Waals surface area (Å²) in [6.45, 7) is 5.46. The Kier molecular flexibility index (Phi) is 5.91. The zero-order valence-corrected chi connectivity index (χ0v) is 15.4. The number of piperidine rings is 1. The largest absolute Gasteiger partial charge is 0.492 e. The van der Waals surface area contributed by atoms with E-state index >= 15 is 0 Å².